The third-order valence-corrected chi connectivity index (χ3v) is 6.78. The third kappa shape index (κ3) is 3.49. The van der Waals surface area contributed by atoms with E-state index in [1.807, 2.05) is 28.8 Å². The number of fused-ring (bicyclic) bond motifs is 4. The normalized spacial score (nSPS) is 13.6. The van der Waals surface area contributed by atoms with Crippen molar-refractivity contribution >= 4 is 33.1 Å². The van der Waals surface area contributed by atoms with Crippen LogP contribution in [0.2, 0.25) is 0 Å². The number of amides is 1. The number of aryl methyl sites for hydroxylation is 3. The summed E-state index contributed by atoms with van der Waals surface area (Å²) >= 11 is 1.64. The summed E-state index contributed by atoms with van der Waals surface area (Å²) in [6.07, 6.45) is 8.60. The highest BCUT2D eigenvalue weighted by Gasteiger charge is 2.20. The van der Waals surface area contributed by atoms with Crippen LogP contribution in [-0.2, 0) is 30.6 Å². The minimum Gasteiger partial charge on any atom is -0.356 e. The second kappa shape index (κ2) is 7.98. The lowest BCUT2D eigenvalue weighted by atomic mass is 9.97. The molecule has 0 spiro atoms. The van der Waals surface area contributed by atoms with E-state index in [0.717, 1.165) is 41.0 Å². The molecule has 4 aromatic rings. The first-order valence-electron chi connectivity index (χ1n) is 10.3. The summed E-state index contributed by atoms with van der Waals surface area (Å²) in [4.78, 5) is 31.8. The second-order valence-corrected chi connectivity index (χ2v) is 8.61. The summed E-state index contributed by atoms with van der Waals surface area (Å²) in [6, 6.07) is 5.73. The fourth-order valence-electron chi connectivity index (χ4n) is 4.03. The maximum Gasteiger partial charge on any atom is 0.262 e. The van der Waals surface area contributed by atoms with Gasteiger partial charge in [-0.25, -0.2) is 4.98 Å². The molecule has 0 atom stereocenters. The minimum absolute atomic E-state index is 0.0258. The first-order chi connectivity index (χ1) is 14.7. The molecule has 0 saturated heterocycles. The van der Waals surface area contributed by atoms with Crippen LogP contribution in [0.15, 0.2) is 35.5 Å². The van der Waals surface area contributed by atoms with Gasteiger partial charge in [-0.3, -0.25) is 18.6 Å². The highest BCUT2D eigenvalue weighted by atomic mass is 32.1. The zero-order valence-corrected chi connectivity index (χ0v) is 17.3. The van der Waals surface area contributed by atoms with Crippen molar-refractivity contribution in [2.45, 2.75) is 45.1 Å². The Labute approximate surface area is 176 Å². The monoisotopic (exact) mass is 422 g/mol. The number of hydrogen-bond donors (Lipinski definition) is 1. The zero-order chi connectivity index (χ0) is 20.5. The molecule has 4 aromatic heterocycles. The van der Waals surface area contributed by atoms with Crippen LogP contribution in [0.3, 0.4) is 0 Å². The predicted octanol–water partition coefficient (Wildman–Crippen LogP) is 2.13. The summed E-state index contributed by atoms with van der Waals surface area (Å²) < 4.78 is 3.48. The number of aromatic nitrogens is 5. The standard InChI is InChI=1S/C21H22N6O2S/c28-18(22-10-8-17-25-24-16-7-3-4-11-27(16)17)9-12-26-13-23-20-19(21(26)29)14-5-1-2-6-15(14)30-20/h3-4,7,11,13H,1-2,5-6,8-10,12H2,(H,22,28). The fraction of sp³-hybridized carbons (Fsp3) is 0.381. The number of rotatable bonds is 6. The van der Waals surface area contributed by atoms with Gasteiger partial charge in [0, 0.05) is 37.0 Å². The van der Waals surface area contributed by atoms with E-state index in [-0.39, 0.29) is 17.9 Å². The van der Waals surface area contributed by atoms with Gasteiger partial charge in [0.15, 0.2) is 5.65 Å². The Bertz CT molecular complexity index is 1290. The molecular weight excluding hydrogens is 400 g/mol. The molecule has 8 nitrogen and oxygen atoms in total. The summed E-state index contributed by atoms with van der Waals surface area (Å²) in [5.74, 6) is 0.710. The van der Waals surface area contributed by atoms with Crippen LogP contribution in [0, 0.1) is 0 Å². The summed E-state index contributed by atoms with van der Waals surface area (Å²) in [5, 5.41) is 11.9. The third-order valence-electron chi connectivity index (χ3n) is 5.58. The lowest BCUT2D eigenvalue weighted by Gasteiger charge is -2.10. The van der Waals surface area contributed by atoms with Crippen molar-refractivity contribution < 1.29 is 4.79 Å². The molecule has 1 amide bonds. The Morgan fingerprint density at radius 3 is 3.03 bits per heavy atom. The van der Waals surface area contributed by atoms with Gasteiger partial charge in [0.2, 0.25) is 5.91 Å². The van der Waals surface area contributed by atoms with Gasteiger partial charge in [0.05, 0.1) is 11.7 Å². The van der Waals surface area contributed by atoms with E-state index in [1.54, 1.807) is 22.2 Å². The molecule has 0 fully saturated rings. The van der Waals surface area contributed by atoms with Crippen LogP contribution in [0.5, 0.6) is 0 Å². The van der Waals surface area contributed by atoms with Gasteiger partial charge < -0.3 is 5.32 Å². The Balaban J connectivity index is 1.21. The molecule has 0 saturated carbocycles. The van der Waals surface area contributed by atoms with Crippen LogP contribution < -0.4 is 10.9 Å². The molecule has 0 unspecified atom stereocenters. The molecule has 154 valence electrons. The molecule has 0 bridgehead atoms. The maximum atomic E-state index is 12.9. The highest BCUT2D eigenvalue weighted by Crippen LogP contribution is 2.33. The molecular formula is C21H22N6O2S. The van der Waals surface area contributed by atoms with Gasteiger partial charge in [-0.05, 0) is 43.4 Å². The van der Waals surface area contributed by atoms with Crippen molar-refractivity contribution in [3.63, 3.8) is 0 Å². The molecule has 1 N–H and O–H groups in total. The summed E-state index contributed by atoms with van der Waals surface area (Å²) in [5.41, 5.74) is 1.94. The number of thiophene rings is 1. The average Bonchev–Trinajstić information content (AvgIpc) is 3.35. The molecule has 30 heavy (non-hydrogen) atoms. The Morgan fingerprint density at radius 1 is 1.20 bits per heavy atom. The molecule has 0 radical (unpaired) electrons. The van der Waals surface area contributed by atoms with E-state index in [1.165, 1.54) is 16.9 Å². The molecule has 4 heterocycles. The van der Waals surface area contributed by atoms with Crippen LogP contribution in [0.1, 0.15) is 35.5 Å². The van der Waals surface area contributed by atoms with Gasteiger partial charge >= 0.3 is 0 Å². The van der Waals surface area contributed by atoms with E-state index < -0.39 is 0 Å². The van der Waals surface area contributed by atoms with Crippen molar-refractivity contribution in [1.29, 1.82) is 0 Å². The van der Waals surface area contributed by atoms with E-state index in [0.29, 0.717) is 19.5 Å². The molecule has 1 aliphatic carbocycles. The van der Waals surface area contributed by atoms with Crippen molar-refractivity contribution in [3.05, 3.63) is 57.3 Å². The van der Waals surface area contributed by atoms with Crippen molar-refractivity contribution in [2.75, 3.05) is 6.54 Å². The zero-order valence-electron chi connectivity index (χ0n) is 16.5. The Hall–Kier alpha value is -3.07. The summed E-state index contributed by atoms with van der Waals surface area (Å²) in [6.45, 7) is 0.796. The number of pyridine rings is 1. The number of carbonyl (C=O) groups excluding carboxylic acids is 1. The van der Waals surface area contributed by atoms with E-state index in [2.05, 4.69) is 20.5 Å². The Kier molecular flexibility index (Phi) is 5.04. The minimum atomic E-state index is -0.0943. The van der Waals surface area contributed by atoms with Gasteiger partial charge in [-0.15, -0.1) is 21.5 Å². The van der Waals surface area contributed by atoms with E-state index in [4.69, 9.17) is 0 Å². The molecule has 1 aliphatic rings. The summed E-state index contributed by atoms with van der Waals surface area (Å²) in [7, 11) is 0. The van der Waals surface area contributed by atoms with Crippen LogP contribution in [0.4, 0.5) is 0 Å². The number of nitrogens with one attached hydrogen (secondary N) is 1. The topological polar surface area (TPSA) is 94.2 Å². The predicted molar refractivity (Wildman–Crippen MR) is 115 cm³/mol. The maximum absolute atomic E-state index is 12.9. The quantitative estimate of drug-likeness (QED) is 0.514. The van der Waals surface area contributed by atoms with Gasteiger partial charge in [-0.2, -0.15) is 0 Å². The van der Waals surface area contributed by atoms with Crippen molar-refractivity contribution in [2.24, 2.45) is 0 Å². The van der Waals surface area contributed by atoms with Gasteiger partial charge in [-0.1, -0.05) is 6.07 Å². The Morgan fingerprint density at radius 2 is 2.10 bits per heavy atom. The highest BCUT2D eigenvalue weighted by molar-refractivity contribution is 7.18. The second-order valence-electron chi connectivity index (χ2n) is 7.53. The molecule has 5 rings (SSSR count). The molecule has 0 aromatic carbocycles. The van der Waals surface area contributed by atoms with Gasteiger partial charge in [0.25, 0.3) is 5.56 Å². The molecule has 0 aliphatic heterocycles. The van der Waals surface area contributed by atoms with Gasteiger partial charge in [0.1, 0.15) is 10.7 Å². The van der Waals surface area contributed by atoms with Crippen LogP contribution in [-0.4, -0.2) is 36.6 Å². The lowest BCUT2D eigenvalue weighted by molar-refractivity contribution is -0.121. The number of nitrogens with zero attached hydrogens (tertiary/aromatic N) is 5. The first kappa shape index (κ1) is 18.9. The first-order valence-corrected chi connectivity index (χ1v) is 11.1. The van der Waals surface area contributed by atoms with E-state index >= 15 is 0 Å². The SMILES string of the molecule is O=C(CCn1cnc2sc3c(c2c1=O)CCCC3)NCCc1nnc2ccccn12. The van der Waals surface area contributed by atoms with Crippen molar-refractivity contribution in [1.82, 2.24) is 29.5 Å². The number of hydrogen-bond acceptors (Lipinski definition) is 6. The smallest absolute Gasteiger partial charge is 0.262 e. The fourth-order valence-corrected chi connectivity index (χ4v) is 5.25. The van der Waals surface area contributed by atoms with Crippen LogP contribution >= 0.6 is 11.3 Å². The lowest BCUT2D eigenvalue weighted by Crippen LogP contribution is -2.29. The molecule has 9 heteroatoms. The largest absolute Gasteiger partial charge is 0.356 e. The average molecular weight is 423 g/mol. The number of carbonyl (C=O) groups is 1. The van der Waals surface area contributed by atoms with E-state index in [9.17, 15) is 9.59 Å². The van der Waals surface area contributed by atoms with Crippen molar-refractivity contribution in [3.8, 4) is 0 Å². The van der Waals surface area contributed by atoms with Crippen LogP contribution in [0.25, 0.3) is 15.9 Å².